The second kappa shape index (κ2) is 11.9. The Bertz CT molecular complexity index is 366. The van der Waals surface area contributed by atoms with Gasteiger partial charge in [0.15, 0.2) is 0 Å². The summed E-state index contributed by atoms with van der Waals surface area (Å²) < 4.78 is 0. The van der Waals surface area contributed by atoms with E-state index in [9.17, 15) is 0 Å². The van der Waals surface area contributed by atoms with Gasteiger partial charge in [-0.25, -0.2) is 0 Å². The first-order valence-electron chi connectivity index (χ1n) is 7.27. The quantitative estimate of drug-likeness (QED) is 0.750. The molecule has 7 heteroatoms. The van der Waals surface area contributed by atoms with E-state index in [0.29, 0.717) is 0 Å². The fraction of sp³-hybridized carbons (Fsp3) is 0.733. The first-order valence-corrected chi connectivity index (χ1v) is 8.15. The Balaban J connectivity index is 0. The number of nitrogens with zero attached hydrogens (tertiary/aromatic N) is 2. The van der Waals surface area contributed by atoms with Gasteiger partial charge in [-0.15, -0.1) is 48.6 Å². The molecular weight excluding hydrogens is 361 g/mol. The van der Waals surface area contributed by atoms with Crippen molar-refractivity contribution in [1.82, 2.24) is 15.1 Å². The molecule has 132 valence electrons. The zero-order chi connectivity index (χ0) is 13.7. The van der Waals surface area contributed by atoms with Crippen molar-refractivity contribution >= 4 is 48.6 Å². The maximum atomic E-state index is 3.23. The van der Waals surface area contributed by atoms with Gasteiger partial charge in [0.05, 0.1) is 5.54 Å². The monoisotopic (exact) mass is 389 g/mol. The van der Waals surface area contributed by atoms with E-state index >= 15 is 0 Å². The number of thiophene rings is 1. The predicted octanol–water partition coefficient (Wildman–Crippen LogP) is 3.48. The summed E-state index contributed by atoms with van der Waals surface area (Å²) in [4.78, 5) is 6.59. The molecule has 3 nitrogen and oxygen atoms in total. The minimum Gasteiger partial charge on any atom is -0.320 e. The van der Waals surface area contributed by atoms with E-state index < -0.39 is 0 Å². The van der Waals surface area contributed by atoms with Gasteiger partial charge in [-0.2, -0.15) is 0 Å². The Hall–Kier alpha value is 0.450. The summed E-state index contributed by atoms with van der Waals surface area (Å²) in [5, 5.41) is 5.44. The van der Waals surface area contributed by atoms with Gasteiger partial charge in [-0.05, 0) is 64.9 Å². The third kappa shape index (κ3) is 5.82. The summed E-state index contributed by atoms with van der Waals surface area (Å²) in [6, 6.07) is 4.49. The SMILES string of the molecule is CNCCCN1CCC(c2cccs2)(N(C)C)CC1.Cl.Cl.Cl. The van der Waals surface area contributed by atoms with Crippen LogP contribution >= 0.6 is 48.6 Å². The third-order valence-corrected chi connectivity index (χ3v) is 5.48. The lowest BCUT2D eigenvalue weighted by atomic mass is 9.84. The largest absolute Gasteiger partial charge is 0.320 e. The highest BCUT2D eigenvalue weighted by molar-refractivity contribution is 7.10. The van der Waals surface area contributed by atoms with Gasteiger partial charge in [0.1, 0.15) is 0 Å². The van der Waals surface area contributed by atoms with Crippen LogP contribution < -0.4 is 5.32 Å². The average Bonchev–Trinajstić information content (AvgIpc) is 2.94. The van der Waals surface area contributed by atoms with E-state index in [4.69, 9.17) is 0 Å². The number of piperidine rings is 1. The van der Waals surface area contributed by atoms with Crippen LogP contribution in [0.2, 0.25) is 0 Å². The Morgan fingerprint density at radius 1 is 1.23 bits per heavy atom. The Morgan fingerprint density at radius 3 is 2.32 bits per heavy atom. The summed E-state index contributed by atoms with van der Waals surface area (Å²) in [6.07, 6.45) is 3.75. The van der Waals surface area contributed by atoms with Crippen LogP contribution in [-0.4, -0.2) is 57.1 Å². The van der Waals surface area contributed by atoms with Crippen molar-refractivity contribution in [3.63, 3.8) is 0 Å². The van der Waals surface area contributed by atoms with E-state index in [2.05, 4.69) is 46.7 Å². The minimum atomic E-state index is 0. The first kappa shape index (κ1) is 24.7. The topological polar surface area (TPSA) is 18.5 Å². The molecule has 2 heterocycles. The minimum absolute atomic E-state index is 0. The molecule has 22 heavy (non-hydrogen) atoms. The van der Waals surface area contributed by atoms with Crippen LogP contribution in [0.1, 0.15) is 24.1 Å². The van der Waals surface area contributed by atoms with Crippen LogP contribution in [0, 0.1) is 0 Å². The average molecular weight is 391 g/mol. The maximum Gasteiger partial charge on any atom is 0.0573 e. The Kier molecular flexibility index (Phi) is 13.4. The molecule has 0 atom stereocenters. The van der Waals surface area contributed by atoms with Crippen molar-refractivity contribution in [2.75, 3.05) is 47.3 Å². The molecule has 1 aromatic rings. The summed E-state index contributed by atoms with van der Waals surface area (Å²) >= 11 is 1.91. The molecule has 0 saturated carbocycles. The van der Waals surface area contributed by atoms with Crippen molar-refractivity contribution in [2.24, 2.45) is 0 Å². The lowest BCUT2D eigenvalue weighted by molar-refractivity contribution is 0.0564. The highest BCUT2D eigenvalue weighted by Crippen LogP contribution is 2.39. The van der Waals surface area contributed by atoms with Gasteiger partial charge in [0, 0.05) is 18.0 Å². The number of likely N-dealkylation sites (tertiary alicyclic amines) is 1. The molecule has 1 aliphatic heterocycles. The van der Waals surface area contributed by atoms with Crippen molar-refractivity contribution in [3.05, 3.63) is 22.4 Å². The summed E-state index contributed by atoms with van der Waals surface area (Å²) in [6.45, 7) is 4.80. The molecule has 0 radical (unpaired) electrons. The van der Waals surface area contributed by atoms with E-state index in [0.717, 1.165) is 6.54 Å². The van der Waals surface area contributed by atoms with Crippen molar-refractivity contribution < 1.29 is 0 Å². The molecule has 1 aliphatic rings. The third-order valence-electron chi connectivity index (χ3n) is 4.42. The predicted molar refractivity (Wildman–Crippen MR) is 106 cm³/mol. The molecule has 0 spiro atoms. The summed E-state index contributed by atoms with van der Waals surface area (Å²) in [7, 11) is 6.50. The van der Waals surface area contributed by atoms with Crippen LogP contribution in [0.4, 0.5) is 0 Å². The standard InChI is InChI=1S/C15H27N3S.3ClH/c1-16-9-5-10-18-11-7-15(8-12-18,17(2)3)14-6-4-13-19-14;;;/h4,6,13,16H,5,7-12H2,1-3H3;3*1H. The van der Waals surface area contributed by atoms with Crippen molar-refractivity contribution in [2.45, 2.75) is 24.8 Å². The van der Waals surface area contributed by atoms with Crippen molar-refractivity contribution in [3.8, 4) is 0 Å². The second-order valence-corrected chi connectivity index (χ2v) is 6.65. The maximum absolute atomic E-state index is 3.23. The van der Waals surface area contributed by atoms with E-state index in [1.165, 1.54) is 43.8 Å². The number of rotatable bonds is 6. The Morgan fingerprint density at radius 2 is 1.86 bits per heavy atom. The number of nitrogens with one attached hydrogen (secondary N) is 1. The van der Waals surface area contributed by atoms with Gasteiger partial charge in [-0.3, -0.25) is 4.90 Å². The van der Waals surface area contributed by atoms with Crippen LogP contribution in [-0.2, 0) is 5.54 Å². The highest BCUT2D eigenvalue weighted by Gasteiger charge is 2.38. The lowest BCUT2D eigenvalue weighted by Gasteiger charge is -2.45. The van der Waals surface area contributed by atoms with E-state index in [-0.39, 0.29) is 42.8 Å². The van der Waals surface area contributed by atoms with E-state index in [1.807, 2.05) is 18.4 Å². The van der Waals surface area contributed by atoms with Crippen LogP contribution in [0.25, 0.3) is 0 Å². The first-order chi connectivity index (χ1) is 9.19. The van der Waals surface area contributed by atoms with Gasteiger partial charge in [-0.1, -0.05) is 6.07 Å². The lowest BCUT2D eigenvalue weighted by Crippen LogP contribution is -2.50. The molecule has 0 bridgehead atoms. The second-order valence-electron chi connectivity index (χ2n) is 5.70. The number of hydrogen-bond donors (Lipinski definition) is 1. The zero-order valence-electron chi connectivity index (χ0n) is 13.7. The fourth-order valence-electron chi connectivity index (χ4n) is 3.08. The van der Waals surface area contributed by atoms with Gasteiger partial charge >= 0.3 is 0 Å². The molecule has 0 unspecified atom stereocenters. The molecular formula is C15H30Cl3N3S. The molecule has 1 N–H and O–H groups in total. The molecule has 0 aliphatic carbocycles. The molecule has 2 rings (SSSR count). The van der Waals surface area contributed by atoms with Gasteiger partial charge in [0.2, 0.25) is 0 Å². The van der Waals surface area contributed by atoms with Crippen LogP contribution in [0.3, 0.4) is 0 Å². The van der Waals surface area contributed by atoms with Crippen molar-refractivity contribution in [1.29, 1.82) is 0 Å². The molecule has 1 fully saturated rings. The normalized spacial score (nSPS) is 17.3. The molecule has 1 aromatic heterocycles. The Labute approximate surface area is 158 Å². The van der Waals surface area contributed by atoms with Gasteiger partial charge < -0.3 is 10.2 Å². The summed E-state index contributed by atoms with van der Waals surface area (Å²) in [5.74, 6) is 0. The number of halogens is 3. The summed E-state index contributed by atoms with van der Waals surface area (Å²) in [5.41, 5.74) is 0.272. The highest BCUT2D eigenvalue weighted by atomic mass is 35.5. The van der Waals surface area contributed by atoms with Crippen LogP contribution in [0.5, 0.6) is 0 Å². The molecule has 0 amide bonds. The number of hydrogen-bond acceptors (Lipinski definition) is 4. The van der Waals surface area contributed by atoms with Crippen LogP contribution in [0.15, 0.2) is 17.5 Å². The molecule has 1 saturated heterocycles. The smallest absolute Gasteiger partial charge is 0.0573 e. The molecule has 0 aromatic carbocycles. The van der Waals surface area contributed by atoms with Gasteiger partial charge in [0.25, 0.3) is 0 Å². The zero-order valence-corrected chi connectivity index (χ0v) is 17.0. The van der Waals surface area contributed by atoms with E-state index in [1.54, 1.807) is 0 Å². The fourth-order valence-corrected chi connectivity index (χ4v) is 4.15.